The highest BCUT2D eigenvalue weighted by Crippen LogP contribution is 2.31. The molecule has 2 aromatic carbocycles. The monoisotopic (exact) mass is 678 g/mol. The second-order valence-electron chi connectivity index (χ2n) is 13.8. The van der Waals surface area contributed by atoms with Crippen molar-refractivity contribution < 1.29 is 42.2 Å². The molecule has 3 atom stereocenters. The molecular weight excluding hydrogens is 632 g/mol. The summed E-state index contributed by atoms with van der Waals surface area (Å²) in [5.74, 6) is 0. The zero-order valence-corrected chi connectivity index (χ0v) is 28.9. The predicted molar refractivity (Wildman–Crippen MR) is 173 cm³/mol. The maximum Gasteiger partial charge on any atom is 0.412 e. The number of ether oxygens (including phenoxy) is 3. The number of alkyl carbamates (subject to hydrolysis) is 1. The van der Waals surface area contributed by atoms with Gasteiger partial charge >= 0.3 is 12.2 Å². The SMILES string of the molecule is CC(C)(C)OC(=O)N[C@@H](Cc1ccccc1)[C@H](O)CN(C[C@@H]1COC(C)(C)N1C(=O)OC(C)(C)C)S(=O)(=O)c1ccc([N+](=O)[O-])cc1. The number of rotatable bonds is 11. The number of carbonyl (C=O) groups excluding carboxylic acids is 2. The van der Waals surface area contributed by atoms with E-state index in [1.54, 1.807) is 79.7 Å². The van der Waals surface area contributed by atoms with Crippen LogP contribution in [-0.4, -0.2) is 94.7 Å². The highest BCUT2D eigenvalue weighted by molar-refractivity contribution is 7.89. The second kappa shape index (κ2) is 14.5. The van der Waals surface area contributed by atoms with Crippen LogP contribution < -0.4 is 5.32 Å². The van der Waals surface area contributed by atoms with Crippen LogP contribution in [0.3, 0.4) is 0 Å². The van der Waals surface area contributed by atoms with Gasteiger partial charge in [-0.2, -0.15) is 4.31 Å². The largest absolute Gasteiger partial charge is 0.444 e. The minimum atomic E-state index is -4.44. The average Bonchev–Trinajstić information content (AvgIpc) is 3.24. The Morgan fingerprint density at radius 2 is 1.64 bits per heavy atom. The predicted octanol–water partition coefficient (Wildman–Crippen LogP) is 4.45. The van der Waals surface area contributed by atoms with Gasteiger partial charge in [0.1, 0.15) is 16.9 Å². The van der Waals surface area contributed by atoms with Crippen LogP contribution in [-0.2, 0) is 30.7 Å². The van der Waals surface area contributed by atoms with Crippen molar-refractivity contribution in [2.24, 2.45) is 0 Å². The second-order valence-corrected chi connectivity index (χ2v) is 15.8. The van der Waals surface area contributed by atoms with Crippen LogP contribution in [0, 0.1) is 10.1 Å². The van der Waals surface area contributed by atoms with E-state index >= 15 is 0 Å². The topological polar surface area (TPSA) is 178 Å². The van der Waals surface area contributed by atoms with Crippen molar-refractivity contribution in [3.63, 3.8) is 0 Å². The number of nitro benzene ring substituents is 1. The van der Waals surface area contributed by atoms with Crippen LogP contribution in [0.25, 0.3) is 0 Å². The van der Waals surface area contributed by atoms with Gasteiger partial charge in [0.2, 0.25) is 10.0 Å². The van der Waals surface area contributed by atoms with Crippen molar-refractivity contribution in [3.8, 4) is 0 Å². The third-order valence-corrected chi connectivity index (χ3v) is 8.97. The van der Waals surface area contributed by atoms with E-state index in [2.05, 4.69) is 5.32 Å². The number of benzene rings is 2. The molecule has 1 aliphatic heterocycles. The summed E-state index contributed by atoms with van der Waals surface area (Å²) in [6.07, 6.45) is -2.85. The summed E-state index contributed by atoms with van der Waals surface area (Å²) in [5.41, 5.74) is -2.37. The van der Waals surface area contributed by atoms with E-state index in [4.69, 9.17) is 14.2 Å². The molecule has 0 aliphatic carbocycles. The smallest absolute Gasteiger partial charge is 0.412 e. The fourth-order valence-electron chi connectivity index (χ4n) is 5.04. The first-order valence-corrected chi connectivity index (χ1v) is 16.7. The summed E-state index contributed by atoms with van der Waals surface area (Å²) in [7, 11) is -4.44. The lowest BCUT2D eigenvalue weighted by atomic mass is 10.0. The van der Waals surface area contributed by atoms with Crippen molar-refractivity contribution in [1.82, 2.24) is 14.5 Å². The molecule has 1 saturated heterocycles. The molecule has 0 spiro atoms. The van der Waals surface area contributed by atoms with E-state index in [0.29, 0.717) is 0 Å². The van der Waals surface area contributed by atoms with E-state index in [-0.39, 0.29) is 30.2 Å². The molecule has 0 aromatic heterocycles. The van der Waals surface area contributed by atoms with Crippen molar-refractivity contribution >= 4 is 27.9 Å². The third-order valence-electron chi connectivity index (χ3n) is 7.12. The van der Waals surface area contributed by atoms with Gasteiger partial charge in [0.05, 0.1) is 34.6 Å². The maximum absolute atomic E-state index is 14.2. The molecule has 1 aliphatic rings. The molecular formula is C32H46N4O10S. The number of nitro groups is 1. The molecule has 0 radical (unpaired) electrons. The molecule has 260 valence electrons. The molecule has 0 bridgehead atoms. The van der Waals surface area contributed by atoms with Gasteiger partial charge in [-0.1, -0.05) is 30.3 Å². The number of nitrogens with zero attached hydrogens (tertiary/aromatic N) is 3. The van der Waals surface area contributed by atoms with E-state index in [0.717, 1.165) is 34.1 Å². The van der Waals surface area contributed by atoms with Crippen LogP contribution >= 0.6 is 0 Å². The Morgan fingerprint density at radius 3 is 2.17 bits per heavy atom. The summed E-state index contributed by atoms with van der Waals surface area (Å²) in [4.78, 5) is 37.8. The minimum absolute atomic E-state index is 0.0434. The Kier molecular flexibility index (Phi) is 11.7. The lowest BCUT2D eigenvalue weighted by Gasteiger charge is -2.37. The van der Waals surface area contributed by atoms with E-state index in [9.17, 15) is 33.2 Å². The Hall–Kier alpha value is -3.79. The molecule has 0 saturated carbocycles. The van der Waals surface area contributed by atoms with Crippen molar-refractivity contribution in [2.45, 2.75) is 102 Å². The molecule has 0 unspecified atom stereocenters. The summed E-state index contributed by atoms with van der Waals surface area (Å²) in [6, 6.07) is 11.5. The highest BCUT2D eigenvalue weighted by atomic mass is 32.2. The third kappa shape index (κ3) is 10.6. The molecule has 15 heteroatoms. The Balaban J connectivity index is 2.02. The van der Waals surface area contributed by atoms with Crippen LogP contribution in [0.2, 0.25) is 0 Å². The number of nitrogens with one attached hydrogen (secondary N) is 1. The lowest BCUT2D eigenvalue weighted by molar-refractivity contribution is -0.384. The molecule has 2 N–H and O–H groups in total. The first kappa shape index (κ1) is 37.7. The van der Waals surface area contributed by atoms with E-state index in [1.165, 1.54) is 4.90 Å². The van der Waals surface area contributed by atoms with Crippen molar-refractivity contribution in [3.05, 3.63) is 70.3 Å². The van der Waals surface area contributed by atoms with Crippen LogP contribution in [0.5, 0.6) is 0 Å². The number of aliphatic hydroxyl groups excluding tert-OH is 1. The number of amides is 2. The zero-order chi connectivity index (χ0) is 35.4. The van der Waals surface area contributed by atoms with E-state index in [1.807, 2.05) is 6.07 Å². The van der Waals surface area contributed by atoms with Crippen LogP contribution in [0.15, 0.2) is 59.5 Å². The van der Waals surface area contributed by atoms with Crippen molar-refractivity contribution in [2.75, 3.05) is 19.7 Å². The van der Waals surface area contributed by atoms with Gasteiger partial charge in [-0.15, -0.1) is 0 Å². The Labute approximate surface area is 276 Å². The standard InChI is InChI=1S/C32H46N4O10S/c1-30(2,3)45-28(38)33-26(18-22-12-10-9-11-13-22)27(37)20-34(47(42,43)25-16-14-23(15-17-25)36(40)41)19-24-21-44-32(7,8)35(24)29(39)46-31(4,5)6/h9-17,24,26-27,37H,18-21H2,1-8H3,(H,33,38)/t24-,26+,27-/m1/s1. The number of carbonyl (C=O) groups is 2. The molecule has 14 nitrogen and oxygen atoms in total. The molecule has 2 amide bonds. The first-order chi connectivity index (χ1) is 21.6. The Bertz CT molecular complexity index is 1500. The van der Waals surface area contributed by atoms with Gasteiger partial charge in [-0.25, -0.2) is 18.0 Å². The quantitative estimate of drug-likeness (QED) is 0.255. The number of non-ortho nitro benzene ring substituents is 1. The minimum Gasteiger partial charge on any atom is -0.444 e. The fourth-order valence-corrected chi connectivity index (χ4v) is 6.53. The highest BCUT2D eigenvalue weighted by Gasteiger charge is 2.47. The molecule has 3 rings (SSSR count). The number of hydrogen-bond donors (Lipinski definition) is 2. The molecule has 1 heterocycles. The maximum atomic E-state index is 14.2. The fraction of sp³-hybridized carbons (Fsp3) is 0.562. The zero-order valence-electron chi connectivity index (χ0n) is 28.1. The average molecular weight is 679 g/mol. The number of aliphatic hydroxyl groups is 1. The van der Waals surface area contributed by atoms with Crippen LogP contribution in [0.4, 0.5) is 15.3 Å². The summed E-state index contributed by atoms with van der Waals surface area (Å²) >= 11 is 0. The summed E-state index contributed by atoms with van der Waals surface area (Å²) in [6.45, 7) is 12.6. The van der Waals surface area contributed by atoms with Crippen LogP contribution in [0.1, 0.15) is 61.0 Å². The summed E-state index contributed by atoms with van der Waals surface area (Å²) < 4.78 is 46.2. The van der Waals surface area contributed by atoms with Crippen molar-refractivity contribution in [1.29, 1.82) is 0 Å². The first-order valence-electron chi connectivity index (χ1n) is 15.2. The summed E-state index contributed by atoms with van der Waals surface area (Å²) in [5, 5.41) is 25.5. The van der Waals surface area contributed by atoms with Gasteiger partial charge in [-0.05, 0) is 79.5 Å². The lowest BCUT2D eigenvalue weighted by Crippen LogP contribution is -2.56. The molecule has 2 aromatic rings. The van der Waals surface area contributed by atoms with Gasteiger partial charge in [0.15, 0.2) is 0 Å². The molecule has 1 fully saturated rings. The van der Waals surface area contributed by atoms with Gasteiger partial charge in [-0.3, -0.25) is 15.0 Å². The normalized spacial score (nSPS) is 18.0. The van der Waals surface area contributed by atoms with Gasteiger partial charge in [0.25, 0.3) is 5.69 Å². The Morgan fingerprint density at radius 1 is 1.06 bits per heavy atom. The van der Waals surface area contributed by atoms with E-state index < -0.39 is 68.8 Å². The number of hydrogen-bond acceptors (Lipinski definition) is 10. The van der Waals surface area contributed by atoms with Gasteiger partial charge < -0.3 is 24.6 Å². The molecule has 47 heavy (non-hydrogen) atoms. The van der Waals surface area contributed by atoms with Gasteiger partial charge in [0, 0.05) is 25.2 Å². The number of sulfonamides is 1.